The van der Waals surface area contributed by atoms with E-state index in [1.807, 2.05) is 31.2 Å². The molecule has 0 aromatic heterocycles. The minimum atomic E-state index is -0.744. The van der Waals surface area contributed by atoms with E-state index in [0.717, 1.165) is 11.1 Å². The maximum Gasteiger partial charge on any atom is 0.187 e. The second-order valence-corrected chi connectivity index (χ2v) is 3.14. The molecule has 1 rings (SSSR count). The van der Waals surface area contributed by atoms with Gasteiger partial charge in [0.05, 0.1) is 0 Å². The van der Waals surface area contributed by atoms with E-state index in [1.54, 1.807) is 0 Å². The van der Waals surface area contributed by atoms with Crippen molar-refractivity contribution in [3.63, 3.8) is 0 Å². The number of hydrogen-bond donors (Lipinski definition) is 1. The standard InChI is InChI=1S/C11H16O3/c1-8-6-4-5-7-9(8)10(12)11(13-2)14-3/h4-7,10-12H,1-3H3. The van der Waals surface area contributed by atoms with Crippen molar-refractivity contribution in [2.45, 2.75) is 19.3 Å². The number of rotatable bonds is 4. The second-order valence-electron chi connectivity index (χ2n) is 3.14. The highest BCUT2D eigenvalue weighted by molar-refractivity contribution is 5.27. The van der Waals surface area contributed by atoms with Crippen LogP contribution in [0.4, 0.5) is 0 Å². The molecule has 0 bridgehead atoms. The summed E-state index contributed by atoms with van der Waals surface area (Å²) in [4.78, 5) is 0. The van der Waals surface area contributed by atoms with E-state index >= 15 is 0 Å². The van der Waals surface area contributed by atoms with Gasteiger partial charge >= 0.3 is 0 Å². The molecule has 1 N–H and O–H groups in total. The Bertz CT molecular complexity index is 282. The van der Waals surface area contributed by atoms with Crippen molar-refractivity contribution < 1.29 is 14.6 Å². The fraction of sp³-hybridized carbons (Fsp3) is 0.455. The molecular formula is C11H16O3. The first kappa shape index (κ1) is 11.2. The zero-order valence-electron chi connectivity index (χ0n) is 8.73. The molecule has 0 saturated carbocycles. The largest absolute Gasteiger partial charge is 0.383 e. The lowest BCUT2D eigenvalue weighted by Gasteiger charge is -2.21. The van der Waals surface area contributed by atoms with E-state index < -0.39 is 12.4 Å². The van der Waals surface area contributed by atoms with Crippen LogP contribution in [0.25, 0.3) is 0 Å². The molecule has 1 aromatic rings. The van der Waals surface area contributed by atoms with Gasteiger partial charge in [-0.1, -0.05) is 24.3 Å². The molecule has 0 heterocycles. The van der Waals surface area contributed by atoms with E-state index in [9.17, 15) is 5.11 Å². The van der Waals surface area contributed by atoms with Crippen molar-refractivity contribution in [3.05, 3.63) is 35.4 Å². The average Bonchev–Trinajstić information content (AvgIpc) is 2.20. The quantitative estimate of drug-likeness (QED) is 0.744. The minimum absolute atomic E-state index is 0.615. The van der Waals surface area contributed by atoms with Gasteiger partial charge in [0.15, 0.2) is 6.29 Å². The summed E-state index contributed by atoms with van der Waals surface area (Å²) >= 11 is 0. The number of hydrogen-bond acceptors (Lipinski definition) is 3. The number of aliphatic hydroxyl groups is 1. The Labute approximate surface area is 84.3 Å². The maximum absolute atomic E-state index is 9.91. The van der Waals surface area contributed by atoms with Crippen molar-refractivity contribution in [3.8, 4) is 0 Å². The Balaban J connectivity index is 2.88. The third-order valence-corrected chi connectivity index (χ3v) is 2.23. The minimum Gasteiger partial charge on any atom is -0.383 e. The predicted molar refractivity (Wildman–Crippen MR) is 53.9 cm³/mol. The number of ether oxygens (including phenoxy) is 2. The Morgan fingerprint density at radius 2 is 1.71 bits per heavy atom. The van der Waals surface area contributed by atoms with Gasteiger partial charge in [-0.05, 0) is 18.1 Å². The predicted octanol–water partition coefficient (Wildman–Crippen LogP) is 1.65. The molecular weight excluding hydrogens is 180 g/mol. The topological polar surface area (TPSA) is 38.7 Å². The normalized spacial score (nSPS) is 13.2. The summed E-state index contributed by atoms with van der Waals surface area (Å²) in [6.07, 6.45) is -1.36. The summed E-state index contributed by atoms with van der Waals surface area (Å²) in [5, 5.41) is 9.91. The van der Waals surface area contributed by atoms with E-state index in [1.165, 1.54) is 14.2 Å². The first-order valence-electron chi connectivity index (χ1n) is 4.50. The molecule has 1 aromatic carbocycles. The van der Waals surface area contributed by atoms with E-state index in [4.69, 9.17) is 9.47 Å². The Morgan fingerprint density at radius 3 is 2.21 bits per heavy atom. The third-order valence-electron chi connectivity index (χ3n) is 2.23. The average molecular weight is 196 g/mol. The molecule has 0 spiro atoms. The van der Waals surface area contributed by atoms with Gasteiger partial charge in [0.2, 0.25) is 0 Å². The lowest BCUT2D eigenvalue weighted by atomic mass is 10.0. The van der Waals surface area contributed by atoms with Gasteiger partial charge in [-0.3, -0.25) is 0 Å². The van der Waals surface area contributed by atoms with Crippen LogP contribution in [0, 0.1) is 6.92 Å². The van der Waals surface area contributed by atoms with Crippen LogP contribution in [0.2, 0.25) is 0 Å². The van der Waals surface area contributed by atoms with Crippen molar-refractivity contribution >= 4 is 0 Å². The van der Waals surface area contributed by atoms with Gasteiger partial charge in [0, 0.05) is 14.2 Å². The molecule has 3 nitrogen and oxygen atoms in total. The summed E-state index contributed by atoms with van der Waals surface area (Å²) in [6.45, 7) is 1.95. The van der Waals surface area contributed by atoms with Gasteiger partial charge < -0.3 is 14.6 Å². The molecule has 1 unspecified atom stereocenters. The Kier molecular flexibility index (Phi) is 4.07. The SMILES string of the molecule is COC(OC)C(O)c1ccccc1C. The molecule has 0 aliphatic heterocycles. The highest BCUT2D eigenvalue weighted by atomic mass is 16.7. The summed E-state index contributed by atoms with van der Waals surface area (Å²) in [5.74, 6) is 0. The Morgan fingerprint density at radius 1 is 1.14 bits per heavy atom. The van der Waals surface area contributed by atoms with Crippen LogP contribution in [0.3, 0.4) is 0 Å². The van der Waals surface area contributed by atoms with Crippen molar-refractivity contribution in [1.29, 1.82) is 0 Å². The Hall–Kier alpha value is -0.900. The first-order valence-corrected chi connectivity index (χ1v) is 4.50. The van der Waals surface area contributed by atoms with Crippen LogP contribution < -0.4 is 0 Å². The van der Waals surface area contributed by atoms with E-state index in [0.29, 0.717) is 0 Å². The molecule has 0 aliphatic carbocycles. The van der Waals surface area contributed by atoms with Crippen LogP contribution in [-0.2, 0) is 9.47 Å². The zero-order valence-corrected chi connectivity index (χ0v) is 8.73. The van der Waals surface area contributed by atoms with Crippen LogP contribution in [0.5, 0.6) is 0 Å². The molecule has 3 heteroatoms. The van der Waals surface area contributed by atoms with Gasteiger partial charge in [-0.25, -0.2) is 0 Å². The zero-order chi connectivity index (χ0) is 10.6. The van der Waals surface area contributed by atoms with Crippen LogP contribution in [0.15, 0.2) is 24.3 Å². The highest BCUT2D eigenvalue weighted by Crippen LogP contribution is 2.22. The summed E-state index contributed by atoms with van der Waals surface area (Å²) in [7, 11) is 3.02. The lowest BCUT2D eigenvalue weighted by Crippen LogP contribution is -2.23. The fourth-order valence-corrected chi connectivity index (χ4v) is 1.42. The summed E-state index contributed by atoms with van der Waals surface area (Å²) in [6, 6.07) is 7.63. The second kappa shape index (κ2) is 5.10. The molecule has 0 saturated heterocycles. The van der Waals surface area contributed by atoms with E-state index in [2.05, 4.69) is 0 Å². The van der Waals surface area contributed by atoms with Crippen LogP contribution in [-0.4, -0.2) is 25.6 Å². The molecule has 78 valence electrons. The van der Waals surface area contributed by atoms with Gasteiger partial charge in [0.25, 0.3) is 0 Å². The third kappa shape index (κ3) is 2.32. The molecule has 0 aliphatic rings. The monoisotopic (exact) mass is 196 g/mol. The number of methoxy groups -OCH3 is 2. The highest BCUT2D eigenvalue weighted by Gasteiger charge is 2.20. The van der Waals surface area contributed by atoms with Gasteiger partial charge in [0.1, 0.15) is 6.10 Å². The van der Waals surface area contributed by atoms with Crippen molar-refractivity contribution in [1.82, 2.24) is 0 Å². The van der Waals surface area contributed by atoms with Gasteiger partial charge in [-0.2, -0.15) is 0 Å². The molecule has 0 amide bonds. The lowest BCUT2D eigenvalue weighted by molar-refractivity contribution is -0.166. The summed E-state index contributed by atoms with van der Waals surface area (Å²) < 4.78 is 10.00. The van der Waals surface area contributed by atoms with Crippen molar-refractivity contribution in [2.75, 3.05) is 14.2 Å². The molecule has 0 fully saturated rings. The summed E-state index contributed by atoms with van der Waals surface area (Å²) in [5.41, 5.74) is 1.86. The van der Waals surface area contributed by atoms with Crippen LogP contribution >= 0.6 is 0 Å². The fourth-order valence-electron chi connectivity index (χ4n) is 1.42. The molecule has 14 heavy (non-hydrogen) atoms. The number of benzene rings is 1. The first-order chi connectivity index (χ1) is 6.70. The molecule has 0 radical (unpaired) electrons. The number of aryl methyl sites for hydroxylation is 1. The van der Waals surface area contributed by atoms with Crippen molar-refractivity contribution in [2.24, 2.45) is 0 Å². The molecule has 1 atom stereocenters. The smallest absolute Gasteiger partial charge is 0.187 e. The number of aliphatic hydroxyl groups excluding tert-OH is 1. The van der Waals surface area contributed by atoms with E-state index in [-0.39, 0.29) is 0 Å². The maximum atomic E-state index is 9.91. The van der Waals surface area contributed by atoms with Gasteiger partial charge in [-0.15, -0.1) is 0 Å². The van der Waals surface area contributed by atoms with Crippen LogP contribution in [0.1, 0.15) is 17.2 Å².